The van der Waals surface area contributed by atoms with Gasteiger partial charge in [-0.3, -0.25) is 14.7 Å². The van der Waals surface area contributed by atoms with Gasteiger partial charge in [0.25, 0.3) is 0 Å². The maximum atomic E-state index is 12.8. The number of halogens is 1. The van der Waals surface area contributed by atoms with Crippen molar-refractivity contribution in [2.75, 3.05) is 39.3 Å². The lowest BCUT2D eigenvalue weighted by molar-refractivity contribution is -0.144. The average Bonchev–Trinajstić information content (AvgIpc) is 2.56. The predicted molar refractivity (Wildman–Crippen MR) is 93.6 cm³/mol. The number of hydrogen-bond acceptors (Lipinski definition) is 4. The molecule has 3 heterocycles. The van der Waals surface area contributed by atoms with Crippen LogP contribution >= 0.6 is 12.4 Å². The number of piperidine rings is 1. The van der Waals surface area contributed by atoms with Crippen LogP contribution in [0.3, 0.4) is 0 Å². The van der Waals surface area contributed by atoms with E-state index in [2.05, 4.69) is 39.2 Å². The lowest BCUT2D eigenvalue weighted by atomic mass is 9.81. The summed E-state index contributed by atoms with van der Waals surface area (Å²) in [6.45, 7) is 8.54. The standard InChI is InChI=1S/C17H26N4O.ClH/c1-17(5-2-6-19-14-17)16(22)21-11-9-20(10-12-21)13-15-3-7-18-8-4-15;/h3-4,7-8,19H,2,5-6,9-14H2,1H3;1H. The maximum Gasteiger partial charge on any atom is 0.229 e. The van der Waals surface area contributed by atoms with Gasteiger partial charge < -0.3 is 10.2 Å². The molecule has 5 nitrogen and oxygen atoms in total. The van der Waals surface area contributed by atoms with Crippen molar-refractivity contribution in [1.82, 2.24) is 20.1 Å². The van der Waals surface area contributed by atoms with Crippen molar-refractivity contribution in [1.29, 1.82) is 0 Å². The molecule has 1 aromatic rings. The molecule has 1 amide bonds. The van der Waals surface area contributed by atoms with Gasteiger partial charge in [-0.2, -0.15) is 0 Å². The lowest BCUT2D eigenvalue weighted by Crippen LogP contribution is -2.55. The number of pyridine rings is 1. The topological polar surface area (TPSA) is 48.5 Å². The molecular formula is C17H27ClN4O. The van der Waals surface area contributed by atoms with E-state index >= 15 is 0 Å². The molecule has 2 aliphatic heterocycles. The third-order valence-electron chi connectivity index (χ3n) is 4.93. The van der Waals surface area contributed by atoms with Gasteiger partial charge in [0.05, 0.1) is 5.41 Å². The minimum atomic E-state index is -0.203. The summed E-state index contributed by atoms with van der Waals surface area (Å²) in [6, 6.07) is 4.12. The van der Waals surface area contributed by atoms with Crippen LogP contribution in [-0.2, 0) is 11.3 Å². The minimum absolute atomic E-state index is 0. The Morgan fingerprint density at radius 1 is 1.26 bits per heavy atom. The Morgan fingerprint density at radius 2 is 1.96 bits per heavy atom. The normalized spacial score (nSPS) is 25.7. The van der Waals surface area contributed by atoms with Gasteiger partial charge in [0.15, 0.2) is 0 Å². The van der Waals surface area contributed by atoms with Crippen LogP contribution in [0, 0.1) is 5.41 Å². The number of amides is 1. The summed E-state index contributed by atoms with van der Waals surface area (Å²) in [5.41, 5.74) is 1.09. The van der Waals surface area contributed by atoms with Gasteiger partial charge in [-0.1, -0.05) is 0 Å². The highest BCUT2D eigenvalue weighted by Gasteiger charge is 2.38. The monoisotopic (exact) mass is 338 g/mol. The van der Waals surface area contributed by atoms with Crippen LogP contribution in [0.2, 0.25) is 0 Å². The van der Waals surface area contributed by atoms with Crippen molar-refractivity contribution in [3.8, 4) is 0 Å². The van der Waals surface area contributed by atoms with Gasteiger partial charge in [-0.15, -0.1) is 12.4 Å². The first-order valence-corrected chi connectivity index (χ1v) is 8.29. The van der Waals surface area contributed by atoms with E-state index in [0.29, 0.717) is 5.91 Å². The van der Waals surface area contributed by atoms with Crippen LogP contribution in [0.4, 0.5) is 0 Å². The first-order chi connectivity index (χ1) is 10.7. The predicted octanol–water partition coefficient (Wildman–Crippen LogP) is 1.54. The van der Waals surface area contributed by atoms with E-state index in [1.807, 2.05) is 12.4 Å². The Hall–Kier alpha value is -1.17. The Bertz CT molecular complexity index is 497. The van der Waals surface area contributed by atoms with Crippen molar-refractivity contribution in [2.24, 2.45) is 5.41 Å². The van der Waals surface area contributed by atoms with Crippen LogP contribution < -0.4 is 5.32 Å². The largest absolute Gasteiger partial charge is 0.340 e. The van der Waals surface area contributed by atoms with Gasteiger partial charge in [-0.25, -0.2) is 0 Å². The van der Waals surface area contributed by atoms with E-state index in [4.69, 9.17) is 0 Å². The quantitative estimate of drug-likeness (QED) is 0.908. The molecule has 0 aromatic carbocycles. The van der Waals surface area contributed by atoms with E-state index in [0.717, 1.165) is 58.7 Å². The summed E-state index contributed by atoms with van der Waals surface area (Å²) in [6.07, 6.45) is 5.79. The third kappa shape index (κ3) is 4.43. The van der Waals surface area contributed by atoms with Gasteiger partial charge in [-0.05, 0) is 44.0 Å². The zero-order valence-corrected chi connectivity index (χ0v) is 14.6. The van der Waals surface area contributed by atoms with Crippen LogP contribution in [-0.4, -0.2) is 60.0 Å². The van der Waals surface area contributed by atoms with E-state index in [1.165, 1.54) is 5.56 Å². The van der Waals surface area contributed by atoms with Crippen LogP contribution in [0.15, 0.2) is 24.5 Å². The van der Waals surface area contributed by atoms with E-state index in [1.54, 1.807) is 0 Å². The molecule has 1 N–H and O–H groups in total. The highest BCUT2D eigenvalue weighted by molar-refractivity contribution is 5.85. The molecule has 2 saturated heterocycles. The summed E-state index contributed by atoms with van der Waals surface area (Å²) in [5.74, 6) is 0.336. The zero-order chi connectivity index (χ0) is 15.4. The average molecular weight is 339 g/mol. The maximum absolute atomic E-state index is 12.8. The van der Waals surface area contributed by atoms with Crippen LogP contribution in [0.1, 0.15) is 25.3 Å². The highest BCUT2D eigenvalue weighted by Crippen LogP contribution is 2.28. The fourth-order valence-corrected chi connectivity index (χ4v) is 3.48. The minimum Gasteiger partial charge on any atom is -0.340 e. The number of hydrogen-bond donors (Lipinski definition) is 1. The fraction of sp³-hybridized carbons (Fsp3) is 0.647. The SMILES string of the molecule is CC1(C(=O)N2CCN(Cc3ccncc3)CC2)CCCNC1.Cl. The Morgan fingerprint density at radius 3 is 2.57 bits per heavy atom. The molecule has 1 unspecified atom stereocenters. The molecule has 23 heavy (non-hydrogen) atoms. The second kappa shape index (κ2) is 8.08. The number of nitrogens with zero attached hydrogens (tertiary/aromatic N) is 3. The van der Waals surface area contributed by atoms with E-state index in [-0.39, 0.29) is 17.8 Å². The molecule has 0 radical (unpaired) electrons. The van der Waals surface area contributed by atoms with Crippen LogP contribution in [0.5, 0.6) is 0 Å². The van der Waals surface area contributed by atoms with Crippen LogP contribution in [0.25, 0.3) is 0 Å². The highest BCUT2D eigenvalue weighted by atomic mass is 35.5. The van der Waals surface area contributed by atoms with E-state index < -0.39 is 0 Å². The molecule has 2 aliphatic rings. The molecular weight excluding hydrogens is 312 g/mol. The summed E-state index contributed by atoms with van der Waals surface area (Å²) in [7, 11) is 0. The van der Waals surface area contributed by atoms with Crippen molar-refractivity contribution in [2.45, 2.75) is 26.3 Å². The summed E-state index contributed by atoms with van der Waals surface area (Å²) in [4.78, 5) is 21.3. The fourth-order valence-electron chi connectivity index (χ4n) is 3.48. The molecule has 1 atom stereocenters. The van der Waals surface area contributed by atoms with Gasteiger partial charge >= 0.3 is 0 Å². The number of nitrogens with one attached hydrogen (secondary N) is 1. The first-order valence-electron chi connectivity index (χ1n) is 8.29. The first kappa shape index (κ1) is 18.2. The summed E-state index contributed by atoms with van der Waals surface area (Å²) < 4.78 is 0. The number of carbonyl (C=O) groups is 1. The molecule has 1 aromatic heterocycles. The number of aromatic nitrogens is 1. The molecule has 0 spiro atoms. The van der Waals surface area contributed by atoms with Crippen molar-refractivity contribution >= 4 is 18.3 Å². The molecule has 2 fully saturated rings. The second-order valence-corrected chi connectivity index (χ2v) is 6.76. The molecule has 0 bridgehead atoms. The molecule has 3 rings (SSSR count). The molecule has 0 aliphatic carbocycles. The summed E-state index contributed by atoms with van der Waals surface area (Å²) >= 11 is 0. The lowest BCUT2D eigenvalue weighted by Gasteiger charge is -2.41. The molecule has 6 heteroatoms. The number of piperazine rings is 1. The van der Waals surface area contributed by atoms with Crippen molar-refractivity contribution in [3.63, 3.8) is 0 Å². The number of rotatable bonds is 3. The Kier molecular flexibility index (Phi) is 6.39. The summed E-state index contributed by atoms with van der Waals surface area (Å²) in [5, 5.41) is 3.37. The molecule has 0 saturated carbocycles. The Labute approximate surface area is 144 Å². The van der Waals surface area contributed by atoms with Gasteiger partial charge in [0.1, 0.15) is 0 Å². The van der Waals surface area contributed by atoms with E-state index in [9.17, 15) is 4.79 Å². The second-order valence-electron chi connectivity index (χ2n) is 6.76. The number of carbonyl (C=O) groups excluding carboxylic acids is 1. The smallest absolute Gasteiger partial charge is 0.229 e. The zero-order valence-electron chi connectivity index (χ0n) is 13.8. The van der Waals surface area contributed by atoms with Gasteiger partial charge in [0.2, 0.25) is 5.91 Å². The van der Waals surface area contributed by atoms with Gasteiger partial charge in [0, 0.05) is 51.7 Å². The third-order valence-corrected chi connectivity index (χ3v) is 4.93. The Balaban J connectivity index is 0.00000192. The molecule has 128 valence electrons. The van der Waals surface area contributed by atoms with Crippen molar-refractivity contribution in [3.05, 3.63) is 30.1 Å². The van der Waals surface area contributed by atoms with Crippen molar-refractivity contribution < 1.29 is 4.79 Å².